The van der Waals surface area contributed by atoms with E-state index in [1.807, 2.05) is 32.6 Å². The molecule has 180 valence electrons. The number of guanidine groups is 1. The van der Waals surface area contributed by atoms with Gasteiger partial charge in [-0.2, -0.15) is 13.2 Å². The van der Waals surface area contributed by atoms with Gasteiger partial charge in [0.05, 0.1) is 0 Å². The van der Waals surface area contributed by atoms with Gasteiger partial charge in [0.25, 0.3) is 0 Å². The smallest absolute Gasteiger partial charge is 0.410 e. The minimum absolute atomic E-state index is 0.0977. The van der Waals surface area contributed by atoms with Crippen molar-refractivity contribution in [2.24, 2.45) is 10.9 Å². The molecule has 0 unspecified atom stereocenters. The van der Waals surface area contributed by atoms with Crippen LogP contribution >= 0.6 is 0 Å². The van der Waals surface area contributed by atoms with Crippen LogP contribution in [0, 0.1) is 5.92 Å². The van der Waals surface area contributed by atoms with Crippen molar-refractivity contribution in [2.75, 3.05) is 32.7 Å². The van der Waals surface area contributed by atoms with Gasteiger partial charge in [-0.3, -0.25) is 4.99 Å². The molecule has 1 saturated heterocycles. The molecule has 0 atom stereocenters. The van der Waals surface area contributed by atoms with Crippen molar-refractivity contribution in [3.63, 3.8) is 0 Å². The number of aliphatic imine (C=N–C) groups is 1. The molecule has 2 aliphatic rings. The summed E-state index contributed by atoms with van der Waals surface area (Å²) in [5, 5.41) is 3.25. The first kappa shape index (κ1) is 25.6. The maximum atomic E-state index is 12.8. The summed E-state index contributed by atoms with van der Waals surface area (Å²) in [5.74, 6) is 1.33. The van der Waals surface area contributed by atoms with E-state index in [0.717, 1.165) is 38.4 Å². The zero-order valence-corrected chi connectivity index (χ0v) is 19.4. The van der Waals surface area contributed by atoms with Gasteiger partial charge in [0.1, 0.15) is 5.60 Å². The predicted molar refractivity (Wildman–Crippen MR) is 116 cm³/mol. The first-order valence-electron chi connectivity index (χ1n) is 11.6. The van der Waals surface area contributed by atoms with E-state index < -0.39 is 18.2 Å². The van der Waals surface area contributed by atoms with E-state index in [2.05, 4.69) is 15.2 Å². The van der Waals surface area contributed by atoms with Crippen LogP contribution in [0.2, 0.25) is 0 Å². The Balaban J connectivity index is 1.89. The molecule has 9 heteroatoms. The van der Waals surface area contributed by atoms with E-state index in [0.29, 0.717) is 25.4 Å². The van der Waals surface area contributed by atoms with Gasteiger partial charge in [-0.1, -0.05) is 0 Å². The first-order chi connectivity index (χ1) is 14.5. The number of amides is 1. The van der Waals surface area contributed by atoms with E-state index in [4.69, 9.17) is 4.74 Å². The number of unbranched alkanes of at least 4 members (excludes halogenated alkanes) is 1. The highest BCUT2D eigenvalue weighted by atomic mass is 19.4. The molecule has 0 spiro atoms. The second-order valence-corrected chi connectivity index (χ2v) is 9.60. The lowest BCUT2D eigenvalue weighted by atomic mass is 10.0. The third-order valence-corrected chi connectivity index (χ3v) is 5.45. The maximum Gasteiger partial charge on any atom is 0.410 e. The summed E-state index contributed by atoms with van der Waals surface area (Å²) in [6.45, 7) is 11.0. The molecule has 6 nitrogen and oxygen atoms in total. The highest BCUT2D eigenvalue weighted by molar-refractivity contribution is 5.80. The first-order valence-corrected chi connectivity index (χ1v) is 11.6. The largest absolute Gasteiger partial charge is 0.444 e. The van der Waals surface area contributed by atoms with E-state index >= 15 is 0 Å². The fraction of sp³-hybridized carbons (Fsp3) is 0.909. The van der Waals surface area contributed by atoms with Crippen LogP contribution in [0.4, 0.5) is 18.0 Å². The average molecular weight is 449 g/mol. The molecule has 1 heterocycles. The minimum Gasteiger partial charge on any atom is -0.444 e. The Morgan fingerprint density at radius 1 is 1.13 bits per heavy atom. The van der Waals surface area contributed by atoms with E-state index in [1.165, 1.54) is 12.8 Å². The minimum atomic E-state index is -4.10. The Bertz CT molecular complexity index is 593. The average Bonchev–Trinajstić information content (AvgIpc) is 3.47. The molecule has 2 rings (SSSR count). The Kier molecular flexibility index (Phi) is 9.30. The van der Waals surface area contributed by atoms with Crippen LogP contribution in [-0.2, 0) is 4.74 Å². The molecule has 0 aromatic carbocycles. The summed E-state index contributed by atoms with van der Waals surface area (Å²) < 4.78 is 42.5. The number of hydrogen-bond acceptors (Lipinski definition) is 3. The van der Waals surface area contributed by atoms with Gasteiger partial charge >= 0.3 is 12.3 Å². The van der Waals surface area contributed by atoms with Gasteiger partial charge in [0.15, 0.2) is 5.96 Å². The second-order valence-electron chi connectivity index (χ2n) is 9.60. The summed E-state index contributed by atoms with van der Waals surface area (Å²) in [4.78, 5) is 21.4. The van der Waals surface area contributed by atoms with Crippen LogP contribution in [0.3, 0.4) is 0 Å². The van der Waals surface area contributed by atoms with Gasteiger partial charge in [-0.05, 0) is 72.1 Å². The number of nitrogens with zero attached hydrogens (tertiary/aromatic N) is 3. The monoisotopic (exact) mass is 448 g/mol. The van der Waals surface area contributed by atoms with Crippen LogP contribution < -0.4 is 5.32 Å². The zero-order valence-electron chi connectivity index (χ0n) is 19.4. The molecule has 0 radical (unpaired) electrons. The molecule has 1 saturated carbocycles. The van der Waals surface area contributed by atoms with Crippen molar-refractivity contribution < 1.29 is 22.7 Å². The number of piperidine rings is 1. The number of nitrogens with one attached hydrogen (secondary N) is 1. The molecular weight excluding hydrogens is 409 g/mol. The Hall–Kier alpha value is -1.67. The van der Waals surface area contributed by atoms with Gasteiger partial charge < -0.3 is 19.9 Å². The topological polar surface area (TPSA) is 57.2 Å². The molecule has 1 aliphatic heterocycles. The molecule has 0 aromatic heterocycles. The van der Waals surface area contributed by atoms with E-state index in [9.17, 15) is 18.0 Å². The number of likely N-dealkylation sites (tertiary alicyclic amines) is 1. The highest BCUT2D eigenvalue weighted by Gasteiger charge is 2.35. The second kappa shape index (κ2) is 11.3. The molecule has 31 heavy (non-hydrogen) atoms. The Morgan fingerprint density at radius 3 is 2.29 bits per heavy atom. The quantitative estimate of drug-likeness (QED) is 0.329. The molecular formula is C22H39F3N4O2. The van der Waals surface area contributed by atoms with Crippen molar-refractivity contribution in [1.29, 1.82) is 0 Å². The maximum absolute atomic E-state index is 12.8. The number of carbonyl (C=O) groups is 1. The van der Waals surface area contributed by atoms with Crippen molar-refractivity contribution >= 4 is 12.1 Å². The van der Waals surface area contributed by atoms with Gasteiger partial charge in [0.2, 0.25) is 0 Å². The lowest BCUT2D eigenvalue weighted by molar-refractivity contribution is -0.135. The Labute approximate surface area is 184 Å². The molecule has 2 fully saturated rings. The lowest BCUT2D eigenvalue weighted by Gasteiger charge is -2.40. The molecule has 1 amide bonds. The number of halogens is 3. The van der Waals surface area contributed by atoms with Gasteiger partial charge in [-0.15, -0.1) is 0 Å². The standard InChI is InChI=1S/C22H39F3N4O2/c1-5-26-19(27-13-7-6-12-22(23,24)25)28-14-10-18(11-15-28)29(16-17-8-9-17)20(30)31-21(2,3)4/h17-18H,5-16H2,1-4H3,(H,26,27). The normalized spacial score (nSPS) is 18.8. The third kappa shape index (κ3) is 9.99. The highest BCUT2D eigenvalue weighted by Crippen LogP contribution is 2.32. The molecule has 0 aromatic rings. The van der Waals surface area contributed by atoms with Gasteiger partial charge in [-0.25, -0.2) is 4.79 Å². The summed E-state index contributed by atoms with van der Waals surface area (Å²) in [5.41, 5.74) is -0.517. The van der Waals surface area contributed by atoms with Crippen molar-refractivity contribution in [3.05, 3.63) is 0 Å². The van der Waals surface area contributed by atoms with Crippen LogP contribution in [0.25, 0.3) is 0 Å². The summed E-state index contributed by atoms with van der Waals surface area (Å²) >= 11 is 0. The summed E-state index contributed by atoms with van der Waals surface area (Å²) in [6, 6.07) is 0.140. The number of rotatable bonds is 8. The SMILES string of the molecule is CCNC(=NCCCCC(F)(F)F)N1CCC(N(CC2CC2)C(=O)OC(C)(C)C)CC1. The van der Waals surface area contributed by atoms with Gasteiger partial charge in [0, 0.05) is 45.2 Å². The number of hydrogen-bond donors (Lipinski definition) is 1. The lowest BCUT2D eigenvalue weighted by Crippen LogP contribution is -2.52. The predicted octanol–water partition coefficient (Wildman–Crippen LogP) is 4.80. The number of ether oxygens (including phenoxy) is 1. The third-order valence-electron chi connectivity index (χ3n) is 5.45. The fourth-order valence-corrected chi connectivity index (χ4v) is 3.71. The van der Waals surface area contributed by atoms with Crippen LogP contribution in [0.1, 0.15) is 72.6 Å². The molecule has 1 N–H and O–H groups in total. The van der Waals surface area contributed by atoms with Crippen LogP contribution in [-0.4, -0.2) is 72.4 Å². The molecule has 1 aliphatic carbocycles. The van der Waals surface area contributed by atoms with Crippen LogP contribution in [0.5, 0.6) is 0 Å². The fourth-order valence-electron chi connectivity index (χ4n) is 3.71. The van der Waals surface area contributed by atoms with Crippen molar-refractivity contribution in [1.82, 2.24) is 15.1 Å². The number of carbonyl (C=O) groups excluding carboxylic acids is 1. The summed E-state index contributed by atoms with van der Waals surface area (Å²) in [7, 11) is 0. The van der Waals surface area contributed by atoms with E-state index in [1.54, 1.807) is 0 Å². The zero-order chi connectivity index (χ0) is 23.1. The summed E-state index contributed by atoms with van der Waals surface area (Å²) in [6.07, 6.45) is -0.590. The number of alkyl halides is 3. The Morgan fingerprint density at radius 2 is 1.77 bits per heavy atom. The molecule has 0 bridgehead atoms. The van der Waals surface area contributed by atoms with Crippen LogP contribution in [0.15, 0.2) is 4.99 Å². The van der Waals surface area contributed by atoms with Crippen molar-refractivity contribution in [2.45, 2.75) is 90.5 Å². The van der Waals surface area contributed by atoms with Crippen molar-refractivity contribution in [3.8, 4) is 0 Å². The van der Waals surface area contributed by atoms with E-state index in [-0.39, 0.29) is 18.6 Å².